The Morgan fingerprint density at radius 3 is 2.55 bits per heavy atom. The fourth-order valence-corrected chi connectivity index (χ4v) is 5.67. The number of alkyl halides is 3. The molecule has 1 aliphatic heterocycles. The first kappa shape index (κ1) is 22.4. The van der Waals surface area contributed by atoms with E-state index in [1.807, 2.05) is 5.38 Å². The molecule has 4 rings (SSSR count). The molecular formula is C23H30F3N3OS. The Bertz CT molecular complexity index is 884. The van der Waals surface area contributed by atoms with E-state index in [0.717, 1.165) is 63.1 Å². The maximum absolute atomic E-state index is 13.0. The highest BCUT2D eigenvalue weighted by Gasteiger charge is 2.31. The number of piperazine rings is 1. The highest BCUT2D eigenvalue weighted by Crippen LogP contribution is 2.38. The summed E-state index contributed by atoms with van der Waals surface area (Å²) < 4.78 is 39.5. The Hall–Kier alpha value is -1.80. The Labute approximate surface area is 185 Å². The van der Waals surface area contributed by atoms with Gasteiger partial charge in [0.1, 0.15) is 0 Å². The number of anilines is 1. The molecule has 1 aromatic carbocycles. The summed E-state index contributed by atoms with van der Waals surface area (Å²) in [4.78, 5) is 16.8. The molecule has 8 heteroatoms. The van der Waals surface area contributed by atoms with Gasteiger partial charge in [0.25, 0.3) is 0 Å². The molecular weight excluding hydrogens is 423 g/mol. The molecule has 2 aliphatic rings. The lowest BCUT2D eigenvalue weighted by Crippen LogP contribution is -2.46. The molecule has 2 heterocycles. The molecule has 0 atom stereocenters. The number of carbonyl (C=O) groups is 1. The van der Waals surface area contributed by atoms with E-state index in [9.17, 15) is 18.0 Å². The fraction of sp³-hybridized carbons (Fsp3) is 0.609. The number of carbonyl (C=O) groups excluding carboxylic acids is 1. The third-order valence-electron chi connectivity index (χ3n) is 6.44. The van der Waals surface area contributed by atoms with Gasteiger partial charge in [0.2, 0.25) is 5.91 Å². The number of rotatable bonds is 6. The number of nitrogens with one attached hydrogen (secondary N) is 1. The van der Waals surface area contributed by atoms with E-state index in [2.05, 4.69) is 15.1 Å². The molecule has 0 spiro atoms. The van der Waals surface area contributed by atoms with E-state index in [1.165, 1.54) is 42.7 Å². The smallest absolute Gasteiger partial charge is 0.368 e. The predicted molar refractivity (Wildman–Crippen MR) is 120 cm³/mol. The zero-order valence-electron chi connectivity index (χ0n) is 17.7. The Kier molecular flexibility index (Phi) is 7.06. The van der Waals surface area contributed by atoms with Gasteiger partial charge in [-0.25, -0.2) is 0 Å². The van der Waals surface area contributed by atoms with E-state index in [4.69, 9.17) is 0 Å². The van der Waals surface area contributed by atoms with Crippen LogP contribution in [0.25, 0.3) is 10.1 Å². The molecule has 1 amide bonds. The van der Waals surface area contributed by atoms with E-state index in [1.54, 1.807) is 6.07 Å². The van der Waals surface area contributed by atoms with Gasteiger partial charge >= 0.3 is 6.18 Å². The van der Waals surface area contributed by atoms with Crippen LogP contribution in [0.2, 0.25) is 0 Å². The predicted octanol–water partition coefficient (Wildman–Crippen LogP) is 5.27. The van der Waals surface area contributed by atoms with Crippen LogP contribution in [0.15, 0.2) is 23.6 Å². The van der Waals surface area contributed by atoms with Crippen LogP contribution in [0.5, 0.6) is 0 Å². The normalized spacial score (nSPS) is 19.1. The van der Waals surface area contributed by atoms with Crippen LogP contribution in [0, 0.1) is 0 Å². The minimum atomic E-state index is -4.31. The average Bonchev–Trinajstić information content (AvgIpc) is 3.18. The van der Waals surface area contributed by atoms with Crippen molar-refractivity contribution < 1.29 is 18.0 Å². The number of hydrogen-bond acceptors (Lipinski definition) is 4. The number of halogens is 3. The second-order valence-electron chi connectivity index (χ2n) is 8.66. The van der Waals surface area contributed by atoms with Crippen LogP contribution in [-0.4, -0.2) is 49.6 Å². The number of thiophene rings is 1. The van der Waals surface area contributed by atoms with Gasteiger partial charge in [-0.05, 0) is 37.9 Å². The quantitative estimate of drug-likeness (QED) is 0.647. The van der Waals surface area contributed by atoms with Crippen LogP contribution < -0.4 is 10.2 Å². The molecule has 0 bridgehead atoms. The number of hydrogen-bond donors (Lipinski definition) is 1. The molecule has 4 nitrogen and oxygen atoms in total. The molecule has 1 saturated carbocycles. The highest BCUT2D eigenvalue weighted by atomic mass is 32.1. The maximum Gasteiger partial charge on any atom is 0.416 e. The van der Waals surface area contributed by atoms with Gasteiger partial charge < -0.3 is 10.2 Å². The van der Waals surface area contributed by atoms with Crippen LogP contribution in [-0.2, 0) is 11.0 Å². The molecule has 0 radical (unpaired) electrons. The Morgan fingerprint density at radius 2 is 1.84 bits per heavy atom. The molecule has 2 aromatic rings. The lowest BCUT2D eigenvalue weighted by atomic mass is 9.95. The van der Waals surface area contributed by atoms with Gasteiger partial charge in [0.05, 0.1) is 11.3 Å². The first-order valence-corrected chi connectivity index (χ1v) is 12.1. The van der Waals surface area contributed by atoms with Crippen molar-refractivity contribution >= 4 is 33.0 Å². The number of nitrogens with zero attached hydrogens (tertiary/aromatic N) is 2. The molecule has 1 aliphatic carbocycles. The van der Waals surface area contributed by atoms with Crippen LogP contribution >= 0.6 is 11.3 Å². The van der Waals surface area contributed by atoms with Crippen molar-refractivity contribution in [3.63, 3.8) is 0 Å². The summed E-state index contributed by atoms with van der Waals surface area (Å²) in [6.07, 6.45) is 3.08. The third kappa shape index (κ3) is 5.71. The van der Waals surface area contributed by atoms with E-state index in [0.29, 0.717) is 17.2 Å². The Balaban J connectivity index is 1.23. The van der Waals surface area contributed by atoms with E-state index < -0.39 is 11.7 Å². The third-order valence-corrected chi connectivity index (χ3v) is 7.38. The van der Waals surface area contributed by atoms with Crippen molar-refractivity contribution in [3.8, 4) is 0 Å². The standard InChI is InChI=1S/C23H30F3N3OS/c24-23(25,26)17-8-9-19-20(16-31-21(19)15-17)29-13-11-28(12-14-29)10-4-7-22(30)27-18-5-2-1-3-6-18/h8-9,15-16,18H,1-7,10-14H2,(H,27,30). The topological polar surface area (TPSA) is 35.6 Å². The molecule has 1 aromatic heterocycles. The van der Waals surface area contributed by atoms with Gasteiger partial charge in [0.15, 0.2) is 0 Å². The van der Waals surface area contributed by atoms with Crippen molar-refractivity contribution in [3.05, 3.63) is 29.1 Å². The summed E-state index contributed by atoms with van der Waals surface area (Å²) in [5, 5.41) is 6.04. The molecule has 0 unspecified atom stereocenters. The lowest BCUT2D eigenvalue weighted by Gasteiger charge is -2.36. The van der Waals surface area contributed by atoms with E-state index in [-0.39, 0.29) is 5.91 Å². The van der Waals surface area contributed by atoms with Crippen molar-refractivity contribution in [2.24, 2.45) is 0 Å². The largest absolute Gasteiger partial charge is 0.416 e. The van der Waals surface area contributed by atoms with Crippen molar-refractivity contribution in [2.45, 2.75) is 57.2 Å². The van der Waals surface area contributed by atoms with Crippen molar-refractivity contribution in [1.29, 1.82) is 0 Å². The number of amides is 1. The summed E-state index contributed by atoms with van der Waals surface area (Å²) in [6.45, 7) is 4.41. The van der Waals surface area contributed by atoms with E-state index >= 15 is 0 Å². The SMILES string of the molecule is O=C(CCCN1CCN(c2csc3cc(C(F)(F)F)ccc23)CC1)NC1CCCCC1. The molecule has 31 heavy (non-hydrogen) atoms. The summed E-state index contributed by atoms with van der Waals surface area (Å²) in [6, 6.07) is 4.39. The second-order valence-corrected chi connectivity index (χ2v) is 9.58. The molecule has 1 saturated heterocycles. The van der Waals surface area contributed by atoms with Crippen molar-refractivity contribution in [1.82, 2.24) is 10.2 Å². The minimum absolute atomic E-state index is 0.175. The average molecular weight is 454 g/mol. The summed E-state index contributed by atoms with van der Waals surface area (Å²) in [7, 11) is 0. The van der Waals surface area contributed by atoms with Crippen molar-refractivity contribution in [2.75, 3.05) is 37.6 Å². The van der Waals surface area contributed by atoms with Gasteiger partial charge in [-0.2, -0.15) is 13.2 Å². The Morgan fingerprint density at radius 1 is 1.10 bits per heavy atom. The summed E-state index contributed by atoms with van der Waals surface area (Å²) >= 11 is 1.37. The second kappa shape index (κ2) is 9.77. The zero-order chi connectivity index (χ0) is 21.8. The van der Waals surface area contributed by atoms with Crippen LogP contribution in [0.1, 0.15) is 50.5 Å². The summed E-state index contributed by atoms with van der Waals surface area (Å²) in [5.74, 6) is 0.175. The maximum atomic E-state index is 13.0. The van der Waals surface area contributed by atoms with Crippen LogP contribution in [0.3, 0.4) is 0 Å². The van der Waals surface area contributed by atoms with Gasteiger partial charge in [-0.15, -0.1) is 11.3 Å². The number of fused-ring (bicyclic) bond motifs is 1. The van der Waals surface area contributed by atoms with Crippen LogP contribution in [0.4, 0.5) is 18.9 Å². The molecule has 1 N–H and O–H groups in total. The first-order valence-electron chi connectivity index (χ1n) is 11.3. The van der Waals surface area contributed by atoms with Gasteiger partial charge in [0, 0.05) is 54.1 Å². The number of benzene rings is 1. The highest BCUT2D eigenvalue weighted by molar-refractivity contribution is 7.17. The monoisotopic (exact) mass is 453 g/mol. The lowest BCUT2D eigenvalue weighted by molar-refractivity contribution is -0.137. The van der Waals surface area contributed by atoms with Gasteiger partial charge in [-0.1, -0.05) is 25.3 Å². The fourth-order valence-electron chi connectivity index (χ4n) is 4.66. The zero-order valence-corrected chi connectivity index (χ0v) is 18.5. The molecule has 2 fully saturated rings. The first-order chi connectivity index (χ1) is 14.9. The minimum Gasteiger partial charge on any atom is -0.368 e. The summed E-state index contributed by atoms with van der Waals surface area (Å²) in [5.41, 5.74) is 0.436. The van der Waals surface area contributed by atoms with Gasteiger partial charge in [-0.3, -0.25) is 9.69 Å². The molecule has 170 valence electrons.